The SMILES string of the molecule is CC[C@@H](O)c1cnc(NCc2ccccc2)cc1C. The Morgan fingerprint density at radius 3 is 2.63 bits per heavy atom. The van der Waals surface area contributed by atoms with Crippen molar-refractivity contribution in [3.63, 3.8) is 0 Å². The van der Waals surface area contributed by atoms with Crippen molar-refractivity contribution in [3.05, 3.63) is 59.3 Å². The van der Waals surface area contributed by atoms with Gasteiger partial charge in [0.15, 0.2) is 0 Å². The van der Waals surface area contributed by atoms with Crippen molar-refractivity contribution in [2.24, 2.45) is 0 Å². The third kappa shape index (κ3) is 3.55. The lowest BCUT2D eigenvalue weighted by Gasteiger charge is -2.13. The van der Waals surface area contributed by atoms with Crippen molar-refractivity contribution in [1.82, 2.24) is 4.98 Å². The molecule has 0 unspecified atom stereocenters. The highest BCUT2D eigenvalue weighted by atomic mass is 16.3. The number of anilines is 1. The maximum atomic E-state index is 9.85. The average molecular weight is 256 g/mol. The summed E-state index contributed by atoms with van der Waals surface area (Å²) in [5.41, 5.74) is 3.20. The monoisotopic (exact) mass is 256 g/mol. The van der Waals surface area contributed by atoms with Crippen molar-refractivity contribution in [3.8, 4) is 0 Å². The van der Waals surface area contributed by atoms with Gasteiger partial charge in [0.1, 0.15) is 5.82 Å². The lowest BCUT2D eigenvalue weighted by atomic mass is 10.0. The van der Waals surface area contributed by atoms with Crippen LogP contribution in [0.3, 0.4) is 0 Å². The summed E-state index contributed by atoms with van der Waals surface area (Å²) < 4.78 is 0. The first-order chi connectivity index (χ1) is 9.20. The molecule has 1 atom stereocenters. The van der Waals surface area contributed by atoms with Crippen LogP contribution in [0.2, 0.25) is 0 Å². The first-order valence-corrected chi connectivity index (χ1v) is 6.63. The van der Waals surface area contributed by atoms with Gasteiger partial charge in [0.05, 0.1) is 6.10 Å². The number of hydrogen-bond donors (Lipinski definition) is 2. The molecule has 0 aliphatic carbocycles. The molecule has 19 heavy (non-hydrogen) atoms. The second kappa shape index (κ2) is 6.34. The molecule has 0 aliphatic heterocycles. The molecule has 0 saturated heterocycles. The molecule has 2 rings (SSSR count). The van der Waals surface area contributed by atoms with Crippen LogP contribution < -0.4 is 5.32 Å². The number of benzene rings is 1. The highest BCUT2D eigenvalue weighted by Crippen LogP contribution is 2.21. The summed E-state index contributed by atoms with van der Waals surface area (Å²) in [6.07, 6.45) is 2.05. The van der Waals surface area contributed by atoms with E-state index < -0.39 is 6.10 Å². The first kappa shape index (κ1) is 13.6. The van der Waals surface area contributed by atoms with Gasteiger partial charge in [-0.15, -0.1) is 0 Å². The minimum absolute atomic E-state index is 0.421. The lowest BCUT2D eigenvalue weighted by molar-refractivity contribution is 0.172. The van der Waals surface area contributed by atoms with Gasteiger partial charge in [-0.05, 0) is 30.5 Å². The number of aryl methyl sites for hydroxylation is 1. The van der Waals surface area contributed by atoms with Crippen molar-refractivity contribution >= 4 is 5.82 Å². The molecule has 1 heterocycles. The van der Waals surface area contributed by atoms with Crippen molar-refractivity contribution in [2.45, 2.75) is 32.9 Å². The maximum Gasteiger partial charge on any atom is 0.126 e. The van der Waals surface area contributed by atoms with Crippen molar-refractivity contribution in [1.29, 1.82) is 0 Å². The molecule has 1 aromatic heterocycles. The average Bonchev–Trinajstić information content (AvgIpc) is 2.45. The smallest absolute Gasteiger partial charge is 0.126 e. The molecule has 3 heteroatoms. The Kier molecular flexibility index (Phi) is 4.53. The van der Waals surface area contributed by atoms with Crippen LogP contribution in [0.1, 0.15) is 36.1 Å². The first-order valence-electron chi connectivity index (χ1n) is 6.63. The largest absolute Gasteiger partial charge is 0.388 e. The molecule has 0 saturated carbocycles. The predicted molar refractivity (Wildman–Crippen MR) is 78.0 cm³/mol. The standard InChI is InChI=1S/C16H20N2O/c1-3-15(19)14-11-18-16(9-12(14)2)17-10-13-7-5-4-6-8-13/h4-9,11,15,19H,3,10H2,1-2H3,(H,17,18)/t15-/m1/s1. The normalized spacial score (nSPS) is 12.2. The van der Waals surface area contributed by atoms with Gasteiger partial charge >= 0.3 is 0 Å². The molecule has 3 nitrogen and oxygen atoms in total. The van der Waals surface area contributed by atoms with Gasteiger partial charge in [-0.25, -0.2) is 4.98 Å². The second-order valence-corrected chi connectivity index (χ2v) is 4.69. The van der Waals surface area contributed by atoms with Gasteiger partial charge in [0.25, 0.3) is 0 Å². The lowest BCUT2D eigenvalue weighted by Crippen LogP contribution is -2.04. The topological polar surface area (TPSA) is 45.2 Å². The Morgan fingerprint density at radius 2 is 2.00 bits per heavy atom. The molecular weight excluding hydrogens is 236 g/mol. The van der Waals surface area contributed by atoms with Gasteiger partial charge < -0.3 is 10.4 Å². The fourth-order valence-corrected chi connectivity index (χ4v) is 2.02. The van der Waals surface area contributed by atoms with Gasteiger partial charge in [-0.2, -0.15) is 0 Å². The quantitative estimate of drug-likeness (QED) is 0.861. The van der Waals surface area contributed by atoms with Gasteiger partial charge in [0.2, 0.25) is 0 Å². The minimum atomic E-state index is -0.421. The highest BCUT2D eigenvalue weighted by molar-refractivity contribution is 5.41. The van der Waals surface area contributed by atoms with Crippen LogP contribution in [-0.4, -0.2) is 10.1 Å². The van der Waals surface area contributed by atoms with Crippen LogP contribution >= 0.6 is 0 Å². The van der Waals surface area contributed by atoms with Crippen molar-refractivity contribution < 1.29 is 5.11 Å². The number of rotatable bonds is 5. The van der Waals surface area contributed by atoms with E-state index in [1.807, 2.05) is 38.1 Å². The van der Waals surface area contributed by atoms with E-state index in [2.05, 4.69) is 22.4 Å². The van der Waals surface area contributed by atoms with Crippen molar-refractivity contribution in [2.75, 3.05) is 5.32 Å². The van der Waals surface area contributed by atoms with E-state index >= 15 is 0 Å². The zero-order valence-corrected chi connectivity index (χ0v) is 11.4. The molecular formula is C16H20N2O. The summed E-state index contributed by atoms with van der Waals surface area (Å²) in [6, 6.07) is 12.2. The van der Waals surface area contributed by atoms with Crippen LogP contribution in [0.25, 0.3) is 0 Å². The Labute approximate surface area is 114 Å². The molecule has 0 amide bonds. The number of hydrogen-bond acceptors (Lipinski definition) is 3. The summed E-state index contributed by atoms with van der Waals surface area (Å²) in [5, 5.41) is 13.1. The third-order valence-corrected chi connectivity index (χ3v) is 3.21. The predicted octanol–water partition coefficient (Wildman–Crippen LogP) is 3.45. The summed E-state index contributed by atoms with van der Waals surface area (Å²) in [6.45, 7) is 4.72. The van der Waals surface area contributed by atoms with Crippen LogP contribution in [0.5, 0.6) is 0 Å². The van der Waals surface area contributed by atoms with Crippen LogP contribution in [0.4, 0.5) is 5.82 Å². The van der Waals surface area contributed by atoms with Crippen LogP contribution in [-0.2, 0) is 6.54 Å². The summed E-state index contributed by atoms with van der Waals surface area (Å²) in [5.74, 6) is 0.841. The minimum Gasteiger partial charge on any atom is -0.388 e. The summed E-state index contributed by atoms with van der Waals surface area (Å²) >= 11 is 0. The molecule has 100 valence electrons. The number of nitrogens with zero attached hydrogens (tertiary/aromatic N) is 1. The number of nitrogens with one attached hydrogen (secondary N) is 1. The van der Waals surface area contributed by atoms with Gasteiger partial charge in [-0.1, -0.05) is 37.3 Å². The zero-order chi connectivity index (χ0) is 13.7. The number of aliphatic hydroxyl groups is 1. The van der Waals surface area contributed by atoms with E-state index in [0.29, 0.717) is 6.42 Å². The van der Waals surface area contributed by atoms with E-state index in [-0.39, 0.29) is 0 Å². The summed E-state index contributed by atoms with van der Waals surface area (Å²) in [7, 11) is 0. The van der Waals surface area contributed by atoms with E-state index in [4.69, 9.17) is 0 Å². The Balaban J connectivity index is 2.04. The highest BCUT2D eigenvalue weighted by Gasteiger charge is 2.09. The van der Waals surface area contributed by atoms with Crippen LogP contribution in [0, 0.1) is 6.92 Å². The maximum absolute atomic E-state index is 9.85. The van der Waals surface area contributed by atoms with E-state index in [1.54, 1.807) is 6.20 Å². The fourth-order valence-electron chi connectivity index (χ4n) is 2.02. The zero-order valence-electron chi connectivity index (χ0n) is 11.4. The molecule has 0 aliphatic rings. The molecule has 0 spiro atoms. The van der Waals surface area contributed by atoms with Gasteiger partial charge in [-0.3, -0.25) is 0 Å². The molecule has 2 N–H and O–H groups in total. The summed E-state index contributed by atoms with van der Waals surface area (Å²) in [4.78, 5) is 4.35. The van der Waals surface area contributed by atoms with E-state index in [0.717, 1.165) is 23.5 Å². The fraction of sp³-hybridized carbons (Fsp3) is 0.312. The van der Waals surface area contributed by atoms with Gasteiger partial charge in [0, 0.05) is 18.3 Å². The van der Waals surface area contributed by atoms with E-state index in [1.165, 1.54) is 5.56 Å². The molecule has 0 fully saturated rings. The number of aromatic nitrogens is 1. The molecule has 0 radical (unpaired) electrons. The van der Waals surface area contributed by atoms with Crippen LogP contribution in [0.15, 0.2) is 42.6 Å². The molecule has 0 bridgehead atoms. The Hall–Kier alpha value is -1.87. The third-order valence-electron chi connectivity index (χ3n) is 3.21. The number of pyridine rings is 1. The number of aliphatic hydroxyl groups excluding tert-OH is 1. The molecule has 2 aromatic rings. The second-order valence-electron chi connectivity index (χ2n) is 4.69. The Bertz CT molecular complexity index is 526. The molecule has 1 aromatic carbocycles. The van der Waals surface area contributed by atoms with E-state index in [9.17, 15) is 5.11 Å². The Morgan fingerprint density at radius 1 is 1.26 bits per heavy atom.